The number of ether oxygens (including phenoxy) is 3. The van der Waals surface area contributed by atoms with Gasteiger partial charge in [-0.3, -0.25) is 9.59 Å². The van der Waals surface area contributed by atoms with E-state index in [0.29, 0.717) is 37.0 Å². The van der Waals surface area contributed by atoms with Crippen molar-refractivity contribution in [3.63, 3.8) is 0 Å². The molecule has 1 heterocycles. The van der Waals surface area contributed by atoms with Crippen LogP contribution in [0.15, 0.2) is 11.3 Å². The highest BCUT2D eigenvalue weighted by Crippen LogP contribution is 2.46. The first kappa shape index (κ1) is 18.3. The highest BCUT2D eigenvalue weighted by molar-refractivity contribution is 5.69. The van der Waals surface area contributed by atoms with Gasteiger partial charge in [-0.05, 0) is 12.8 Å². The molecule has 0 amide bonds. The number of rotatable bonds is 6. The minimum atomic E-state index is -0.366. The molecule has 24 heavy (non-hydrogen) atoms. The lowest BCUT2D eigenvalue weighted by Gasteiger charge is -2.20. The van der Waals surface area contributed by atoms with Crippen LogP contribution in [-0.2, 0) is 23.8 Å². The van der Waals surface area contributed by atoms with Crippen LogP contribution in [0.25, 0.3) is 0 Å². The Labute approximate surface area is 141 Å². The largest absolute Gasteiger partial charge is 0.493 e. The average Bonchev–Trinajstić information content (AvgIpc) is 3.07. The van der Waals surface area contributed by atoms with Crippen LogP contribution in [0.3, 0.4) is 0 Å². The molecule has 0 aromatic heterocycles. The van der Waals surface area contributed by atoms with E-state index in [0.717, 1.165) is 0 Å². The molecule has 4 atom stereocenters. The van der Waals surface area contributed by atoms with Crippen LogP contribution >= 0.6 is 0 Å². The normalized spacial score (nSPS) is 30.1. The molecular formula is C17H23NO6. The minimum Gasteiger partial charge on any atom is -0.493 e. The van der Waals surface area contributed by atoms with Crippen LogP contribution in [0.4, 0.5) is 0 Å². The number of fused-ring (bicyclic) bond motifs is 1. The predicted molar refractivity (Wildman–Crippen MR) is 82.2 cm³/mol. The molecule has 0 bridgehead atoms. The number of carbonyl (C=O) groups is 2. The van der Waals surface area contributed by atoms with Crippen molar-refractivity contribution in [3.05, 3.63) is 11.3 Å². The van der Waals surface area contributed by atoms with Crippen LogP contribution in [0, 0.1) is 23.2 Å². The van der Waals surface area contributed by atoms with Gasteiger partial charge in [-0.2, -0.15) is 5.26 Å². The Balaban J connectivity index is 2.00. The zero-order valence-corrected chi connectivity index (χ0v) is 14.0. The van der Waals surface area contributed by atoms with Gasteiger partial charge in [0.2, 0.25) is 0 Å². The van der Waals surface area contributed by atoms with Gasteiger partial charge in [-0.25, -0.2) is 0 Å². The molecule has 7 heteroatoms. The van der Waals surface area contributed by atoms with Crippen molar-refractivity contribution in [1.82, 2.24) is 0 Å². The lowest BCUT2D eigenvalue weighted by Crippen LogP contribution is -2.27. The van der Waals surface area contributed by atoms with E-state index in [1.54, 1.807) is 0 Å². The lowest BCUT2D eigenvalue weighted by atomic mass is 9.91. The summed E-state index contributed by atoms with van der Waals surface area (Å²) in [5, 5.41) is 19.0. The summed E-state index contributed by atoms with van der Waals surface area (Å²) < 4.78 is 15.8. The summed E-state index contributed by atoms with van der Waals surface area (Å²) >= 11 is 0. The first-order valence-electron chi connectivity index (χ1n) is 8.13. The zero-order chi connectivity index (χ0) is 17.7. The Hall–Kier alpha value is -2.07. The second-order valence-corrected chi connectivity index (χ2v) is 6.20. The summed E-state index contributed by atoms with van der Waals surface area (Å²) in [5.74, 6) is -0.164. The van der Waals surface area contributed by atoms with Crippen molar-refractivity contribution in [2.45, 2.75) is 51.2 Å². The Morgan fingerprint density at radius 3 is 2.75 bits per heavy atom. The minimum absolute atomic E-state index is 0.0401. The number of hydrogen-bond acceptors (Lipinski definition) is 7. The molecule has 1 saturated heterocycles. The summed E-state index contributed by atoms with van der Waals surface area (Å²) in [6, 6.07) is 2.16. The van der Waals surface area contributed by atoms with Gasteiger partial charge in [-0.1, -0.05) is 0 Å². The van der Waals surface area contributed by atoms with Crippen molar-refractivity contribution in [1.29, 1.82) is 5.26 Å². The Kier molecular flexibility index (Phi) is 6.21. The lowest BCUT2D eigenvalue weighted by molar-refractivity contribution is -0.149. The fourth-order valence-electron chi connectivity index (χ4n) is 3.56. The first-order valence-corrected chi connectivity index (χ1v) is 8.13. The standard InChI is InChI=1S/C17H23NO6/c1-10(20)23-16-7-15-12(13(16)9-19)6-14(24-15)11(8-18)4-3-5-17(21)22-2/h12-13,15-16,19H,3-7,9H2,1-2H3/t12-,13-,15+,16-/m1/s1. The molecule has 1 saturated carbocycles. The van der Waals surface area contributed by atoms with E-state index in [4.69, 9.17) is 9.47 Å². The van der Waals surface area contributed by atoms with Gasteiger partial charge in [-0.15, -0.1) is 0 Å². The molecule has 1 N–H and O–H groups in total. The maximum atomic E-state index is 11.2. The third-order valence-corrected chi connectivity index (χ3v) is 4.72. The van der Waals surface area contributed by atoms with Crippen molar-refractivity contribution in [2.24, 2.45) is 11.8 Å². The van der Waals surface area contributed by atoms with Crippen molar-refractivity contribution in [2.75, 3.05) is 13.7 Å². The third-order valence-electron chi connectivity index (χ3n) is 4.72. The molecule has 132 valence electrons. The summed E-state index contributed by atoms with van der Waals surface area (Å²) in [6.07, 6.45) is 1.83. The molecule has 2 rings (SSSR count). The van der Waals surface area contributed by atoms with E-state index in [2.05, 4.69) is 10.8 Å². The van der Waals surface area contributed by atoms with E-state index < -0.39 is 0 Å². The maximum absolute atomic E-state index is 11.2. The average molecular weight is 337 g/mol. The third kappa shape index (κ3) is 4.06. The molecule has 2 aliphatic rings. The number of nitrogens with zero attached hydrogens (tertiary/aromatic N) is 1. The van der Waals surface area contributed by atoms with E-state index in [1.807, 2.05) is 0 Å². The quantitative estimate of drug-likeness (QED) is 0.577. The fourth-order valence-corrected chi connectivity index (χ4v) is 3.56. The van der Waals surface area contributed by atoms with Crippen LogP contribution in [0.2, 0.25) is 0 Å². The molecule has 0 spiro atoms. The Bertz CT molecular complexity index is 564. The van der Waals surface area contributed by atoms with Gasteiger partial charge in [0, 0.05) is 44.6 Å². The molecule has 2 fully saturated rings. The number of allylic oxidation sites excluding steroid dienone is 2. The number of carbonyl (C=O) groups excluding carboxylic acids is 2. The second-order valence-electron chi connectivity index (χ2n) is 6.20. The number of esters is 2. The van der Waals surface area contributed by atoms with Gasteiger partial charge in [0.15, 0.2) is 0 Å². The van der Waals surface area contributed by atoms with E-state index in [9.17, 15) is 20.0 Å². The van der Waals surface area contributed by atoms with Crippen LogP contribution in [-0.4, -0.2) is 43.0 Å². The molecule has 0 aromatic carbocycles. The number of aliphatic hydroxyl groups is 1. The molecule has 1 aliphatic carbocycles. The van der Waals surface area contributed by atoms with E-state index in [-0.39, 0.29) is 49.0 Å². The highest BCUT2D eigenvalue weighted by Gasteiger charge is 2.50. The maximum Gasteiger partial charge on any atom is 0.305 e. The fraction of sp³-hybridized carbons (Fsp3) is 0.706. The topological polar surface area (TPSA) is 106 Å². The van der Waals surface area contributed by atoms with Crippen LogP contribution < -0.4 is 0 Å². The number of aliphatic hydroxyl groups excluding tert-OH is 1. The SMILES string of the molecule is COC(=O)CCCC(C#N)=C1C[C@@H]2[C@@H](CO)[C@H](OC(C)=O)C[C@@H]2O1. The highest BCUT2D eigenvalue weighted by atomic mass is 16.6. The van der Waals surface area contributed by atoms with E-state index in [1.165, 1.54) is 14.0 Å². The molecular weight excluding hydrogens is 314 g/mol. The van der Waals surface area contributed by atoms with Crippen molar-refractivity contribution in [3.8, 4) is 6.07 Å². The second kappa shape index (κ2) is 8.15. The van der Waals surface area contributed by atoms with Crippen LogP contribution in [0.5, 0.6) is 0 Å². The first-order chi connectivity index (χ1) is 11.5. The zero-order valence-electron chi connectivity index (χ0n) is 14.0. The van der Waals surface area contributed by atoms with Gasteiger partial charge in [0.25, 0.3) is 0 Å². The summed E-state index contributed by atoms with van der Waals surface area (Å²) in [4.78, 5) is 22.3. The summed E-state index contributed by atoms with van der Waals surface area (Å²) in [6.45, 7) is 1.27. The molecule has 0 unspecified atom stereocenters. The Morgan fingerprint density at radius 1 is 1.42 bits per heavy atom. The molecule has 0 aromatic rings. The van der Waals surface area contributed by atoms with Crippen LogP contribution in [0.1, 0.15) is 39.0 Å². The molecule has 1 aliphatic heterocycles. The number of hydrogen-bond donors (Lipinski definition) is 1. The summed E-state index contributed by atoms with van der Waals surface area (Å²) in [5.41, 5.74) is 0.536. The van der Waals surface area contributed by atoms with Crippen molar-refractivity contribution >= 4 is 11.9 Å². The predicted octanol–water partition coefficient (Wildman–Crippen LogP) is 1.46. The van der Waals surface area contributed by atoms with Gasteiger partial charge in [0.1, 0.15) is 18.0 Å². The molecule has 0 radical (unpaired) electrons. The smallest absolute Gasteiger partial charge is 0.305 e. The van der Waals surface area contributed by atoms with Gasteiger partial charge >= 0.3 is 11.9 Å². The number of methoxy groups -OCH3 is 1. The summed E-state index contributed by atoms with van der Waals surface area (Å²) in [7, 11) is 1.34. The Morgan fingerprint density at radius 2 is 2.17 bits per heavy atom. The van der Waals surface area contributed by atoms with Gasteiger partial charge < -0.3 is 19.3 Å². The molecule has 7 nitrogen and oxygen atoms in total. The van der Waals surface area contributed by atoms with Gasteiger partial charge in [0.05, 0.1) is 18.8 Å². The number of nitriles is 1. The monoisotopic (exact) mass is 337 g/mol. The van der Waals surface area contributed by atoms with Crippen molar-refractivity contribution < 1.29 is 28.9 Å². The van der Waals surface area contributed by atoms with E-state index >= 15 is 0 Å².